The van der Waals surface area contributed by atoms with Gasteiger partial charge in [-0.15, -0.1) is 11.3 Å². The van der Waals surface area contributed by atoms with Crippen LogP contribution in [0.15, 0.2) is 11.5 Å². The smallest absolute Gasteiger partial charge is 0.410 e. The minimum atomic E-state index is -0.501. The molecule has 0 bridgehead atoms. The summed E-state index contributed by atoms with van der Waals surface area (Å²) >= 11 is 1.57. The lowest BCUT2D eigenvalue weighted by Gasteiger charge is -2.34. The molecule has 0 N–H and O–H groups in total. The van der Waals surface area contributed by atoms with Gasteiger partial charge in [-0.3, -0.25) is 4.79 Å². The van der Waals surface area contributed by atoms with E-state index in [2.05, 4.69) is 4.98 Å². The zero-order valence-electron chi connectivity index (χ0n) is 16.3. The summed E-state index contributed by atoms with van der Waals surface area (Å²) in [5.41, 5.74) is 0.317. The predicted molar refractivity (Wildman–Crippen MR) is 104 cm³/mol. The van der Waals surface area contributed by atoms with Crippen LogP contribution in [0.2, 0.25) is 0 Å². The molecule has 0 aliphatic carbocycles. The number of aromatic nitrogens is 1. The Morgan fingerprint density at radius 1 is 1.46 bits per heavy atom. The number of carbonyl (C=O) groups is 2. The first-order valence-electron chi connectivity index (χ1n) is 8.97. The van der Waals surface area contributed by atoms with Crippen LogP contribution >= 0.6 is 11.3 Å². The highest BCUT2D eigenvalue weighted by Gasteiger charge is 2.26. The average molecular weight is 380 g/mol. The van der Waals surface area contributed by atoms with Crippen molar-refractivity contribution in [2.75, 3.05) is 26.7 Å². The van der Waals surface area contributed by atoms with Crippen molar-refractivity contribution in [3.63, 3.8) is 0 Å². The molecule has 2 amide bonds. The lowest BCUT2D eigenvalue weighted by atomic mass is 9.97. The van der Waals surface area contributed by atoms with Crippen LogP contribution in [0.4, 0.5) is 4.79 Å². The van der Waals surface area contributed by atoms with Crippen LogP contribution in [0.25, 0.3) is 6.08 Å². The van der Waals surface area contributed by atoms with Crippen molar-refractivity contribution in [2.24, 2.45) is 5.92 Å². The van der Waals surface area contributed by atoms with Gasteiger partial charge in [-0.05, 0) is 52.5 Å². The normalized spacial score (nSPS) is 18.2. The maximum Gasteiger partial charge on any atom is 0.410 e. The van der Waals surface area contributed by atoms with Crippen LogP contribution in [0.3, 0.4) is 0 Å². The molecule has 1 aliphatic rings. The highest BCUT2D eigenvalue weighted by atomic mass is 32.1. The summed E-state index contributed by atoms with van der Waals surface area (Å²) in [6.45, 7) is 9.52. The molecule has 1 aliphatic heterocycles. The molecular weight excluding hydrogens is 350 g/mol. The molecule has 1 saturated heterocycles. The molecule has 2 rings (SSSR count). The van der Waals surface area contributed by atoms with Gasteiger partial charge in [0.25, 0.3) is 0 Å². The van der Waals surface area contributed by atoms with Crippen molar-refractivity contribution in [2.45, 2.75) is 46.1 Å². The molecule has 6 nitrogen and oxygen atoms in total. The third-order valence-electron chi connectivity index (χ3n) is 4.10. The molecule has 144 valence electrons. The second-order valence-electron chi connectivity index (χ2n) is 7.78. The number of ether oxygens (including phenoxy) is 1. The van der Waals surface area contributed by atoms with Crippen LogP contribution in [0.5, 0.6) is 0 Å². The summed E-state index contributed by atoms with van der Waals surface area (Å²) in [5.74, 6) is 0.264. The molecule has 0 radical (unpaired) electrons. The molecule has 1 unspecified atom stereocenters. The first kappa shape index (κ1) is 20.4. The number of likely N-dealkylation sites (tertiary alicyclic amines) is 1. The van der Waals surface area contributed by atoms with E-state index < -0.39 is 5.60 Å². The van der Waals surface area contributed by atoms with Gasteiger partial charge < -0.3 is 14.5 Å². The quantitative estimate of drug-likeness (QED) is 0.750. The Labute approximate surface area is 159 Å². The molecule has 0 aromatic carbocycles. The molecule has 1 fully saturated rings. The van der Waals surface area contributed by atoms with Crippen LogP contribution < -0.4 is 0 Å². The van der Waals surface area contributed by atoms with Crippen LogP contribution in [-0.4, -0.2) is 59.1 Å². The molecule has 7 heteroatoms. The topological polar surface area (TPSA) is 62.7 Å². The van der Waals surface area contributed by atoms with Gasteiger partial charge in [0.15, 0.2) is 0 Å². The molecular formula is C19H29N3O3S. The number of nitrogens with zero attached hydrogens (tertiary/aromatic N) is 3. The standard InChI is InChI=1S/C19H29N3O3S/c1-14-20-16(13-26-14)8-9-17(23)22-10-6-7-15(12-22)11-21(5)18(24)25-19(2,3)4/h8-9,13,15H,6-7,10-12H2,1-5H3/b9-8+. The van der Waals surface area contributed by atoms with Crippen LogP contribution in [0, 0.1) is 12.8 Å². The molecule has 1 atom stereocenters. The maximum atomic E-state index is 12.4. The Morgan fingerprint density at radius 2 is 2.19 bits per heavy atom. The number of carbonyl (C=O) groups excluding carboxylic acids is 2. The molecule has 0 saturated carbocycles. The zero-order valence-corrected chi connectivity index (χ0v) is 17.1. The van der Waals surface area contributed by atoms with E-state index in [1.807, 2.05) is 38.0 Å². The van der Waals surface area contributed by atoms with Crippen molar-refractivity contribution in [3.05, 3.63) is 22.2 Å². The number of aryl methyl sites for hydroxylation is 1. The van der Waals surface area contributed by atoms with Crippen molar-refractivity contribution >= 4 is 29.4 Å². The fraction of sp³-hybridized carbons (Fsp3) is 0.632. The van der Waals surface area contributed by atoms with Gasteiger partial charge in [0.05, 0.1) is 10.7 Å². The number of piperidine rings is 1. The maximum absolute atomic E-state index is 12.4. The monoisotopic (exact) mass is 379 g/mol. The van der Waals surface area contributed by atoms with E-state index in [1.165, 1.54) is 0 Å². The fourth-order valence-corrected chi connectivity index (χ4v) is 3.52. The van der Waals surface area contributed by atoms with E-state index >= 15 is 0 Å². The van der Waals surface area contributed by atoms with Crippen molar-refractivity contribution in [1.29, 1.82) is 0 Å². The number of rotatable bonds is 4. The van der Waals surface area contributed by atoms with Crippen LogP contribution in [0.1, 0.15) is 44.3 Å². The van der Waals surface area contributed by atoms with E-state index in [1.54, 1.807) is 35.4 Å². The SMILES string of the molecule is Cc1nc(/C=C/C(=O)N2CCCC(CN(C)C(=O)OC(C)(C)C)C2)cs1. The van der Waals surface area contributed by atoms with Crippen molar-refractivity contribution in [3.8, 4) is 0 Å². The first-order chi connectivity index (χ1) is 12.1. The second-order valence-corrected chi connectivity index (χ2v) is 8.84. The van der Waals surface area contributed by atoms with E-state index in [0.29, 0.717) is 13.1 Å². The summed E-state index contributed by atoms with van der Waals surface area (Å²) in [5, 5.41) is 2.92. The van der Waals surface area contributed by atoms with Crippen LogP contribution in [-0.2, 0) is 9.53 Å². The summed E-state index contributed by atoms with van der Waals surface area (Å²) in [6, 6.07) is 0. The van der Waals surface area contributed by atoms with E-state index in [0.717, 1.165) is 30.1 Å². The Bertz CT molecular complexity index is 663. The third kappa shape index (κ3) is 6.44. The molecule has 0 spiro atoms. The zero-order chi connectivity index (χ0) is 19.3. The van der Waals surface area contributed by atoms with Crippen molar-refractivity contribution < 1.29 is 14.3 Å². The number of amides is 2. The average Bonchev–Trinajstić information content (AvgIpc) is 2.96. The summed E-state index contributed by atoms with van der Waals surface area (Å²) in [6.07, 6.45) is 4.99. The summed E-state index contributed by atoms with van der Waals surface area (Å²) in [4.78, 5) is 32.4. The Kier molecular flexibility index (Phi) is 6.81. The minimum Gasteiger partial charge on any atom is -0.444 e. The van der Waals surface area contributed by atoms with E-state index in [-0.39, 0.29) is 17.9 Å². The Balaban J connectivity index is 1.86. The summed E-state index contributed by atoms with van der Waals surface area (Å²) in [7, 11) is 1.75. The largest absolute Gasteiger partial charge is 0.444 e. The van der Waals surface area contributed by atoms with Gasteiger partial charge in [-0.1, -0.05) is 0 Å². The van der Waals surface area contributed by atoms with Crippen molar-refractivity contribution in [1.82, 2.24) is 14.8 Å². The molecule has 1 aromatic rings. The minimum absolute atomic E-state index is 0.000254. The summed E-state index contributed by atoms with van der Waals surface area (Å²) < 4.78 is 5.39. The van der Waals surface area contributed by atoms with Gasteiger partial charge in [0.2, 0.25) is 5.91 Å². The van der Waals surface area contributed by atoms with E-state index in [4.69, 9.17) is 4.74 Å². The molecule has 2 heterocycles. The highest BCUT2D eigenvalue weighted by Crippen LogP contribution is 2.19. The van der Waals surface area contributed by atoms with E-state index in [9.17, 15) is 9.59 Å². The van der Waals surface area contributed by atoms with Gasteiger partial charge in [0, 0.05) is 38.1 Å². The number of thiazole rings is 1. The fourth-order valence-electron chi connectivity index (χ4n) is 2.93. The Hall–Kier alpha value is -1.89. The molecule has 26 heavy (non-hydrogen) atoms. The van der Waals surface area contributed by atoms with Gasteiger partial charge in [-0.25, -0.2) is 9.78 Å². The number of hydrogen-bond acceptors (Lipinski definition) is 5. The third-order valence-corrected chi connectivity index (χ3v) is 4.89. The lowest BCUT2D eigenvalue weighted by Crippen LogP contribution is -2.44. The van der Waals surface area contributed by atoms with Gasteiger partial charge in [0.1, 0.15) is 5.60 Å². The lowest BCUT2D eigenvalue weighted by molar-refractivity contribution is -0.127. The van der Waals surface area contributed by atoms with Gasteiger partial charge in [-0.2, -0.15) is 0 Å². The molecule has 1 aromatic heterocycles. The van der Waals surface area contributed by atoms with Gasteiger partial charge >= 0.3 is 6.09 Å². The second kappa shape index (κ2) is 8.66. The number of hydrogen-bond donors (Lipinski definition) is 0. The predicted octanol–water partition coefficient (Wildman–Crippen LogP) is 3.57. The Morgan fingerprint density at radius 3 is 2.81 bits per heavy atom. The first-order valence-corrected chi connectivity index (χ1v) is 9.85. The highest BCUT2D eigenvalue weighted by molar-refractivity contribution is 7.09.